The summed E-state index contributed by atoms with van der Waals surface area (Å²) in [5.41, 5.74) is 0.632. The van der Waals surface area contributed by atoms with Crippen LogP contribution in [0.15, 0.2) is 12.2 Å². The number of amides is 1. The van der Waals surface area contributed by atoms with Gasteiger partial charge in [-0.05, 0) is 50.4 Å². The first-order valence-electron chi connectivity index (χ1n) is 11.0. The predicted molar refractivity (Wildman–Crippen MR) is 108 cm³/mol. The van der Waals surface area contributed by atoms with Crippen molar-refractivity contribution in [3.8, 4) is 0 Å². The van der Waals surface area contributed by atoms with Crippen LogP contribution in [0.1, 0.15) is 104 Å². The number of carbonyl (C=O) groups is 1. The van der Waals surface area contributed by atoms with Crippen LogP contribution >= 0.6 is 0 Å². The molecule has 0 heterocycles. The minimum absolute atomic E-state index is 0.0409. The van der Waals surface area contributed by atoms with Gasteiger partial charge < -0.3 is 5.32 Å². The smallest absolute Gasteiger partial charge is 0.246 e. The van der Waals surface area contributed by atoms with E-state index in [0.717, 1.165) is 30.6 Å². The maximum Gasteiger partial charge on any atom is 0.246 e. The molecule has 1 N–H and O–H groups in total. The second-order valence-corrected chi connectivity index (χ2v) is 8.93. The molecule has 0 saturated heterocycles. The molecule has 2 heteroatoms. The topological polar surface area (TPSA) is 29.1 Å². The number of rotatable bonds is 9. The van der Waals surface area contributed by atoms with E-state index in [0.29, 0.717) is 11.6 Å². The third-order valence-corrected chi connectivity index (χ3v) is 6.74. The van der Waals surface area contributed by atoms with E-state index in [-0.39, 0.29) is 5.91 Å². The lowest BCUT2D eigenvalue weighted by atomic mass is 9.75. The Kier molecular flexibility index (Phi) is 9.06. The Labute approximate surface area is 156 Å². The third kappa shape index (κ3) is 7.54. The highest BCUT2D eigenvalue weighted by atomic mass is 16.1. The fraction of sp³-hybridized carbons (Fsp3) is 0.870. The van der Waals surface area contributed by atoms with E-state index in [1.165, 1.54) is 77.0 Å². The monoisotopic (exact) mass is 347 g/mol. The summed E-state index contributed by atoms with van der Waals surface area (Å²) in [7, 11) is 0. The van der Waals surface area contributed by atoms with Crippen LogP contribution in [-0.4, -0.2) is 11.9 Å². The average molecular weight is 348 g/mol. The molecular weight excluding hydrogens is 306 g/mol. The molecule has 0 aromatic carbocycles. The second kappa shape index (κ2) is 11.0. The fourth-order valence-electron chi connectivity index (χ4n) is 4.87. The zero-order chi connectivity index (χ0) is 18.1. The van der Waals surface area contributed by atoms with Crippen LogP contribution in [0.2, 0.25) is 0 Å². The summed E-state index contributed by atoms with van der Waals surface area (Å²) in [6.07, 6.45) is 19.5. The zero-order valence-electron chi connectivity index (χ0n) is 16.8. The van der Waals surface area contributed by atoms with E-state index < -0.39 is 0 Å². The Morgan fingerprint density at radius 3 is 1.80 bits per heavy atom. The molecule has 2 rings (SSSR count). The molecule has 0 aromatic heterocycles. The minimum Gasteiger partial charge on any atom is -0.350 e. The lowest BCUT2D eigenvalue weighted by molar-refractivity contribution is -0.118. The minimum atomic E-state index is 0.0409. The van der Waals surface area contributed by atoms with Crippen molar-refractivity contribution in [3.05, 3.63) is 12.2 Å². The van der Waals surface area contributed by atoms with Crippen molar-refractivity contribution in [1.29, 1.82) is 0 Å². The molecule has 2 saturated carbocycles. The molecular formula is C23H41NO. The zero-order valence-corrected chi connectivity index (χ0v) is 16.8. The van der Waals surface area contributed by atoms with Crippen molar-refractivity contribution in [2.24, 2.45) is 17.8 Å². The molecule has 0 bridgehead atoms. The van der Waals surface area contributed by atoms with Gasteiger partial charge in [0.2, 0.25) is 5.91 Å². The molecule has 0 radical (unpaired) electrons. The number of unbranched alkanes of at least 4 members (excludes halogenated alkanes) is 2. The maximum absolute atomic E-state index is 11.7. The van der Waals surface area contributed by atoms with E-state index in [1.807, 2.05) is 0 Å². The summed E-state index contributed by atoms with van der Waals surface area (Å²) in [5.74, 6) is 2.98. The first kappa shape index (κ1) is 20.5. The van der Waals surface area contributed by atoms with Gasteiger partial charge in [0, 0.05) is 11.6 Å². The van der Waals surface area contributed by atoms with Crippen LogP contribution in [0.3, 0.4) is 0 Å². The Morgan fingerprint density at radius 2 is 1.32 bits per heavy atom. The molecule has 144 valence electrons. The van der Waals surface area contributed by atoms with Crippen LogP contribution in [0.25, 0.3) is 0 Å². The van der Waals surface area contributed by atoms with Gasteiger partial charge in [-0.3, -0.25) is 4.79 Å². The summed E-state index contributed by atoms with van der Waals surface area (Å²) in [6, 6.07) is 0.388. The van der Waals surface area contributed by atoms with E-state index in [9.17, 15) is 4.79 Å². The molecule has 0 atom stereocenters. The number of hydrogen-bond donors (Lipinski definition) is 1. The number of carbonyl (C=O) groups excluding carboxylic acids is 1. The number of nitrogens with one attached hydrogen (secondary N) is 1. The maximum atomic E-state index is 11.7. The summed E-state index contributed by atoms with van der Waals surface area (Å²) in [6.45, 7) is 7.83. The van der Waals surface area contributed by atoms with E-state index >= 15 is 0 Å². The van der Waals surface area contributed by atoms with E-state index in [1.54, 1.807) is 6.92 Å². The van der Waals surface area contributed by atoms with Gasteiger partial charge in [-0.25, -0.2) is 0 Å². The van der Waals surface area contributed by atoms with Crippen molar-refractivity contribution in [2.75, 3.05) is 0 Å². The highest BCUT2D eigenvalue weighted by Crippen LogP contribution is 2.36. The lowest BCUT2D eigenvalue weighted by Crippen LogP contribution is -2.37. The van der Waals surface area contributed by atoms with Crippen molar-refractivity contribution >= 4 is 5.91 Å². The van der Waals surface area contributed by atoms with Crippen LogP contribution in [0, 0.1) is 17.8 Å². The Balaban J connectivity index is 1.55. The molecule has 2 nitrogen and oxygen atoms in total. The third-order valence-electron chi connectivity index (χ3n) is 6.74. The van der Waals surface area contributed by atoms with Gasteiger partial charge in [-0.1, -0.05) is 77.7 Å². The molecule has 1 amide bonds. The molecule has 0 aliphatic heterocycles. The summed E-state index contributed by atoms with van der Waals surface area (Å²) in [4.78, 5) is 11.7. The fourth-order valence-corrected chi connectivity index (χ4v) is 4.87. The van der Waals surface area contributed by atoms with Crippen molar-refractivity contribution in [3.63, 3.8) is 0 Å². The molecule has 0 spiro atoms. The highest BCUT2D eigenvalue weighted by Gasteiger charge is 2.25. The molecule has 0 aromatic rings. The van der Waals surface area contributed by atoms with Crippen LogP contribution < -0.4 is 5.32 Å². The Bertz CT molecular complexity index is 400. The number of hydrogen-bond acceptors (Lipinski definition) is 1. The van der Waals surface area contributed by atoms with E-state index in [2.05, 4.69) is 18.8 Å². The second-order valence-electron chi connectivity index (χ2n) is 8.93. The van der Waals surface area contributed by atoms with E-state index in [4.69, 9.17) is 0 Å². The van der Waals surface area contributed by atoms with Gasteiger partial charge >= 0.3 is 0 Å². The summed E-state index contributed by atoms with van der Waals surface area (Å²) in [5, 5.41) is 3.13. The lowest BCUT2D eigenvalue weighted by Gasteiger charge is -2.32. The van der Waals surface area contributed by atoms with Crippen molar-refractivity contribution in [1.82, 2.24) is 5.32 Å². The first-order chi connectivity index (χ1) is 12.1. The van der Waals surface area contributed by atoms with Crippen LogP contribution in [0.5, 0.6) is 0 Å². The molecule has 2 fully saturated rings. The van der Waals surface area contributed by atoms with Crippen molar-refractivity contribution < 1.29 is 4.79 Å². The standard InChI is InChI=1S/C23H41NO/c1-4-5-6-7-19-8-10-20(11-9-19)12-13-21-14-16-22(17-15-21)24-23(25)18(2)3/h19-22H,2,4-17H2,1,3H3,(H,24,25). The molecule has 2 aliphatic rings. The van der Waals surface area contributed by atoms with Crippen molar-refractivity contribution in [2.45, 2.75) is 110 Å². The largest absolute Gasteiger partial charge is 0.350 e. The Morgan fingerprint density at radius 1 is 0.840 bits per heavy atom. The molecule has 2 aliphatic carbocycles. The van der Waals surface area contributed by atoms with Gasteiger partial charge in [-0.15, -0.1) is 0 Å². The SMILES string of the molecule is C=C(C)C(=O)NC1CCC(CCC2CCC(CCCCC)CC2)CC1. The normalized spacial score (nSPS) is 30.0. The van der Waals surface area contributed by atoms with Crippen LogP contribution in [-0.2, 0) is 4.79 Å². The molecule has 25 heavy (non-hydrogen) atoms. The average Bonchev–Trinajstić information content (AvgIpc) is 2.62. The predicted octanol–water partition coefficient (Wildman–Crippen LogP) is 6.40. The van der Waals surface area contributed by atoms with Gasteiger partial charge in [0.05, 0.1) is 0 Å². The highest BCUT2D eigenvalue weighted by molar-refractivity contribution is 5.92. The quantitative estimate of drug-likeness (QED) is 0.379. The van der Waals surface area contributed by atoms with Crippen LogP contribution in [0.4, 0.5) is 0 Å². The summed E-state index contributed by atoms with van der Waals surface area (Å²) >= 11 is 0. The van der Waals surface area contributed by atoms with Gasteiger partial charge in [0.15, 0.2) is 0 Å². The van der Waals surface area contributed by atoms with Gasteiger partial charge in [0.1, 0.15) is 0 Å². The van der Waals surface area contributed by atoms with Gasteiger partial charge in [-0.2, -0.15) is 0 Å². The Hall–Kier alpha value is -0.790. The summed E-state index contributed by atoms with van der Waals surface area (Å²) < 4.78 is 0. The van der Waals surface area contributed by atoms with Gasteiger partial charge in [0.25, 0.3) is 0 Å². The first-order valence-corrected chi connectivity index (χ1v) is 11.0. The molecule has 0 unspecified atom stereocenters.